The molecule has 0 aliphatic rings. The SMILES string of the molecule is CC(C)CNC(=O)CSc1nnc(C(F)(F)F)n1C. The Kier molecular flexibility index (Phi) is 5.21. The van der Waals surface area contributed by atoms with E-state index in [4.69, 9.17) is 0 Å². The van der Waals surface area contributed by atoms with Gasteiger partial charge in [0, 0.05) is 13.6 Å². The van der Waals surface area contributed by atoms with Gasteiger partial charge in [0.05, 0.1) is 5.75 Å². The lowest BCUT2D eigenvalue weighted by Gasteiger charge is -2.08. The van der Waals surface area contributed by atoms with Crippen molar-refractivity contribution in [1.29, 1.82) is 0 Å². The van der Waals surface area contributed by atoms with E-state index >= 15 is 0 Å². The summed E-state index contributed by atoms with van der Waals surface area (Å²) in [6.07, 6.45) is -4.54. The number of hydrogen-bond acceptors (Lipinski definition) is 4. The molecule has 0 spiro atoms. The molecule has 1 amide bonds. The number of rotatable bonds is 5. The third-order valence-electron chi connectivity index (χ3n) is 2.13. The van der Waals surface area contributed by atoms with Gasteiger partial charge in [-0.05, 0) is 5.92 Å². The van der Waals surface area contributed by atoms with E-state index in [0.29, 0.717) is 12.5 Å². The molecular formula is C10H15F3N4OS. The van der Waals surface area contributed by atoms with Crippen molar-refractivity contribution in [2.24, 2.45) is 13.0 Å². The van der Waals surface area contributed by atoms with Gasteiger partial charge in [0.2, 0.25) is 11.7 Å². The van der Waals surface area contributed by atoms with Crippen LogP contribution < -0.4 is 5.32 Å². The van der Waals surface area contributed by atoms with Crippen molar-refractivity contribution in [1.82, 2.24) is 20.1 Å². The van der Waals surface area contributed by atoms with E-state index < -0.39 is 12.0 Å². The van der Waals surface area contributed by atoms with Crippen molar-refractivity contribution in [3.63, 3.8) is 0 Å². The molecule has 19 heavy (non-hydrogen) atoms. The zero-order valence-corrected chi connectivity index (χ0v) is 11.6. The maximum atomic E-state index is 12.5. The van der Waals surface area contributed by atoms with Crippen LogP contribution >= 0.6 is 11.8 Å². The van der Waals surface area contributed by atoms with Crippen LogP contribution in [-0.2, 0) is 18.0 Å². The molecule has 0 radical (unpaired) electrons. The highest BCUT2D eigenvalue weighted by atomic mass is 32.2. The summed E-state index contributed by atoms with van der Waals surface area (Å²) in [6, 6.07) is 0. The summed E-state index contributed by atoms with van der Waals surface area (Å²) in [5.74, 6) is -0.982. The van der Waals surface area contributed by atoms with Crippen LogP contribution in [0, 0.1) is 5.92 Å². The van der Waals surface area contributed by atoms with E-state index in [1.807, 2.05) is 13.8 Å². The van der Waals surface area contributed by atoms with E-state index in [9.17, 15) is 18.0 Å². The largest absolute Gasteiger partial charge is 0.451 e. The number of nitrogens with one attached hydrogen (secondary N) is 1. The van der Waals surface area contributed by atoms with Gasteiger partial charge in [0.25, 0.3) is 0 Å². The molecule has 1 aromatic rings. The number of halogens is 3. The number of nitrogens with zero attached hydrogens (tertiary/aromatic N) is 3. The third-order valence-corrected chi connectivity index (χ3v) is 3.15. The van der Waals surface area contributed by atoms with Crippen LogP contribution in [0.15, 0.2) is 5.16 Å². The Balaban J connectivity index is 2.55. The van der Waals surface area contributed by atoms with Gasteiger partial charge in [-0.15, -0.1) is 10.2 Å². The predicted molar refractivity (Wildman–Crippen MR) is 64.6 cm³/mol. The topological polar surface area (TPSA) is 59.8 Å². The predicted octanol–water partition coefficient (Wildman–Crippen LogP) is 1.70. The number of carbonyl (C=O) groups excluding carboxylic acids is 1. The van der Waals surface area contributed by atoms with Crippen molar-refractivity contribution in [2.45, 2.75) is 25.2 Å². The maximum absolute atomic E-state index is 12.5. The molecule has 9 heteroatoms. The van der Waals surface area contributed by atoms with Gasteiger partial charge in [-0.2, -0.15) is 13.2 Å². The average molecular weight is 296 g/mol. The minimum Gasteiger partial charge on any atom is -0.355 e. The van der Waals surface area contributed by atoms with Crippen LogP contribution in [0.25, 0.3) is 0 Å². The van der Waals surface area contributed by atoms with Crippen LogP contribution in [0.3, 0.4) is 0 Å². The molecule has 1 heterocycles. The second-order valence-electron chi connectivity index (χ2n) is 4.35. The zero-order valence-electron chi connectivity index (χ0n) is 10.8. The third kappa shape index (κ3) is 4.73. The summed E-state index contributed by atoms with van der Waals surface area (Å²) >= 11 is 0.921. The normalized spacial score (nSPS) is 11.9. The number of hydrogen-bond donors (Lipinski definition) is 1. The van der Waals surface area contributed by atoms with Crippen LogP contribution in [0.2, 0.25) is 0 Å². The van der Waals surface area contributed by atoms with Crippen molar-refractivity contribution in [3.8, 4) is 0 Å². The molecule has 1 N–H and O–H groups in total. The minimum atomic E-state index is -4.54. The lowest BCUT2D eigenvalue weighted by molar-refractivity contribution is -0.147. The van der Waals surface area contributed by atoms with Gasteiger partial charge in [-0.25, -0.2) is 0 Å². The fourth-order valence-corrected chi connectivity index (χ4v) is 1.93. The second kappa shape index (κ2) is 6.27. The first-order valence-corrected chi connectivity index (χ1v) is 6.56. The van der Waals surface area contributed by atoms with Crippen LogP contribution in [0.1, 0.15) is 19.7 Å². The summed E-state index contributed by atoms with van der Waals surface area (Å²) in [4.78, 5) is 11.4. The summed E-state index contributed by atoms with van der Waals surface area (Å²) in [5.41, 5.74) is 0. The summed E-state index contributed by atoms with van der Waals surface area (Å²) in [6.45, 7) is 4.43. The van der Waals surface area contributed by atoms with Gasteiger partial charge < -0.3 is 9.88 Å². The minimum absolute atomic E-state index is 0.0105. The fourth-order valence-electron chi connectivity index (χ4n) is 1.19. The maximum Gasteiger partial charge on any atom is 0.451 e. The quantitative estimate of drug-likeness (QED) is 0.840. The lowest BCUT2D eigenvalue weighted by atomic mass is 10.2. The Morgan fingerprint density at radius 2 is 2.05 bits per heavy atom. The summed E-state index contributed by atoms with van der Waals surface area (Å²) < 4.78 is 38.2. The Bertz CT molecular complexity index is 444. The van der Waals surface area contributed by atoms with E-state index in [1.54, 1.807) is 0 Å². The van der Waals surface area contributed by atoms with Gasteiger partial charge in [0.1, 0.15) is 0 Å². The first kappa shape index (κ1) is 15.8. The first-order valence-electron chi connectivity index (χ1n) is 5.58. The van der Waals surface area contributed by atoms with Crippen molar-refractivity contribution in [3.05, 3.63) is 5.82 Å². The van der Waals surface area contributed by atoms with E-state index in [0.717, 1.165) is 16.3 Å². The summed E-state index contributed by atoms with van der Waals surface area (Å²) in [5, 5.41) is 9.23. The number of amides is 1. The Morgan fingerprint density at radius 3 is 2.53 bits per heavy atom. The molecule has 5 nitrogen and oxygen atoms in total. The van der Waals surface area contributed by atoms with E-state index in [1.165, 1.54) is 7.05 Å². The van der Waals surface area contributed by atoms with Crippen molar-refractivity contribution >= 4 is 17.7 Å². The number of alkyl halides is 3. The van der Waals surface area contributed by atoms with Crippen molar-refractivity contribution < 1.29 is 18.0 Å². The molecular weight excluding hydrogens is 281 g/mol. The van der Waals surface area contributed by atoms with Gasteiger partial charge >= 0.3 is 6.18 Å². The molecule has 0 saturated heterocycles. The van der Waals surface area contributed by atoms with Crippen molar-refractivity contribution in [2.75, 3.05) is 12.3 Å². The van der Waals surface area contributed by atoms with E-state index in [2.05, 4.69) is 15.5 Å². The highest BCUT2D eigenvalue weighted by Gasteiger charge is 2.37. The highest BCUT2D eigenvalue weighted by molar-refractivity contribution is 7.99. The van der Waals surface area contributed by atoms with Gasteiger partial charge in [-0.1, -0.05) is 25.6 Å². The Morgan fingerprint density at radius 1 is 1.42 bits per heavy atom. The lowest BCUT2D eigenvalue weighted by Crippen LogP contribution is -2.28. The van der Waals surface area contributed by atoms with E-state index in [-0.39, 0.29) is 16.8 Å². The molecule has 0 atom stereocenters. The molecule has 0 bridgehead atoms. The Labute approximate surface area is 113 Å². The fraction of sp³-hybridized carbons (Fsp3) is 0.700. The highest BCUT2D eigenvalue weighted by Crippen LogP contribution is 2.29. The molecule has 0 aromatic carbocycles. The Hall–Kier alpha value is -1.25. The van der Waals surface area contributed by atoms with Crippen LogP contribution in [-0.4, -0.2) is 33.0 Å². The standard InChI is InChI=1S/C10H15F3N4OS/c1-6(2)4-14-7(18)5-19-9-16-15-8(17(9)3)10(11,12)13/h6H,4-5H2,1-3H3,(H,14,18). The second-order valence-corrected chi connectivity index (χ2v) is 5.29. The molecule has 1 rings (SSSR count). The van der Waals surface area contributed by atoms with Crippen LogP contribution in [0.4, 0.5) is 13.2 Å². The molecule has 1 aromatic heterocycles. The molecule has 0 unspecified atom stereocenters. The first-order chi connectivity index (χ1) is 8.71. The number of aromatic nitrogens is 3. The number of carbonyl (C=O) groups is 1. The molecule has 0 saturated carbocycles. The number of thioether (sulfide) groups is 1. The molecule has 0 aliphatic carbocycles. The van der Waals surface area contributed by atoms with Crippen LogP contribution in [0.5, 0.6) is 0 Å². The van der Waals surface area contributed by atoms with Gasteiger partial charge in [0.15, 0.2) is 5.16 Å². The monoisotopic (exact) mass is 296 g/mol. The van der Waals surface area contributed by atoms with Gasteiger partial charge in [-0.3, -0.25) is 4.79 Å². The molecule has 108 valence electrons. The average Bonchev–Trinajstić information content (AvgIpc) is 2.64. The molecule has 0 fully saturated rings. The zero-order chi connectivity index (χ0) is 14.6. The smallest absolute Gasteiger partial charge is 0.355 e. The molecule has 0 aliphatic heterocycles. The summed E-state index contributed by atoms with van der Waals surface area (Å²) in [7, 11) is 1.22.